The number of non-ortho nitro benzene ring substituents is 1. The van der Waals surface area contributed by atoms with E-state index in [0.717, 1.165) is 15.7 Å². The zero-order valence-electron chi connectivity index (χ0n) is 15.9. The van der Waals surface area contributed by atoms with Gasteiger partial charge in [-0.2, -0.15) is 0 Å². The van der Waals surface area contributed by atoms with E-state index >= 15 is 0 Å². The van der Waals surface area contributed by atoms with Crippen LogP contribution >= 0.6 is 0 Å². The van der Waals surface area contributed by atoms with Crippen LogP contribution in [-0.2, 0) is 14.1 Å². The van der Waals surface area contributed by atoms with Gasteiger partial charge in [0, 0.05) is 32.1 Å². The van der Waals surface area contributed by atoms with E-state index in [9.17, 15) is 19.7 Å². The zero-order chi connectivity index (χ0) is 20.7. The standard InChI is InChI=1S/C21H19N3O5/c1-22-19(25)18-16(13-8-10-15(11-9-13)24(27)28)12-17(14-6-4-3-5-7-14)29-20(18)23(2)21(22)26/h3-11,16-17H,12H2,1-2H3/t16-,17-/m0/s1. The van der Waals surface area contributed by atoms with E-state index in [1.165, 1.54) is 23.7 Å². The van der Waals surface area contributed by atoms with Crippen molar-refractivity contribution in [1.29, 1.82) is 0 Å². The summed E-state index contributed by atoms with van der Waals surface area (Å²) >= 11 is 0. The molecule has 29 heavy (non-hydrogen) atoms. The van der Waals surface area contributed by atoms with Crippen LogP contribution in [0.4, 0.5) is 5.69 Å². The van der Waals surface area contributed by atoms with Crippen molar-refractivity contribution in [1.82, 2.24) is 9.13 Å². The van der Waals surface area contributed by atoms with Crippen LogP contribution in [0.1, 0.15) is 35.1 Å². The lowest BCUT2D eigenvalue weighted by molar-refractivity contribution is -0.384. The second kappa shape index (κ2) is 7.05. The Morgan fingerprint density at radius 3 is 2.24 bits per heavy atom. The van der Waals surface area contributed by atoms with Crippen molar-refractivity contribution in [3.8, 4) is 5.88 Å². The van der Waals surface area contributed by atoms with Crippen LogP contribution in [0, 0.1) is 10.1 Å². The van der Waals surface area contributed by atoms with E-state index in [1.807, 2.05) is 30.3 Å². The molecule has 1 aliphatic heterocycles. The molecule has 1 aromatic heterocycles. The minimum atomic E-state index is -0.468. The molecule has 2 heterocycles. The predicted molar refractivity (Wildman–Crippen MR) is 106 cm³/mol. The van der Waals surface area contributed by atoms with Crippen molar-refractivity contribution < 1.29 is 9.66 Å². The second-order valence-corrected chi connectivity index (χ2v) is 7.08. The summed E-state index contributed by atoms with van der Waals surface area (Å²) in [6.07, 6.45) is 0.115. The summed E-state index contributed by atoms with van der Waals surface area (Å²) in [5, 5.41) is 11.0. The molecule has 0 fully saturated rings. The normalized spacial score (nSPS) is 18.0. The van der Waals surface area contributed by atoms with Crippen LogP contribution in [0.5, 0.6) is 5.88 Å². The van der Waals surface area contributed by atoms with Crippen molar-refractivity contribution in [3.05, 3.63) is 102 Å². The molecule has 0 unspecified atom stereocenters. The fourth-order valence-electron chi connectivity index (χ4n) is 3.81. The molecule has 0 aliphatic carbocycles. The van der Waals surface area contributed by atoms with Gasteiger partial charge in [-0.15, -0.1) is 0 Å². The molecule has 0 amide bonds. The Hall–Kier alpha value is -3.68. The fourth-order valence-corrected chi connectivity index (χ4v) is 3.81. The molecular formula is C21H19N3O5. The van der Waals surface area contributed by atoms with Crippen LogP contribution < -0.4 is 16.0 Å². The van der Waals surface area contributed by atoms with E-state index in [0.29, 0.717) is 12.0 Å². The molecule has 0 N–H and O–H groups in total. The highest BCUT2D eigenvalue weighted by Gasteiger charge is 2.35. The first-order chi connectivity index (χ1) is 13.9. The Bertz CT molecular complexity index is 1200. The summed E-state index contributed by atoms with van der Waals surface area (Å²) < 4.78 is 8.52. The number of rotatable bonds is 3. The lowest BCUT2D eigenvalue weighted by Crippen LogP contribution is -2.42. The number of nitro benzene ring substituents is 1. The molecule has 2 atom stereocenters. The quantitative estimate of drug-likeness (QED) is 0.503. The SMILES string of the molecule is Cn1c2c(c(=O)n(C)c1=O)[C@H](c1ccc([N+](=O)[O-])cc1)C[C@@H](c1ccccc1)O2. The first-order valence-electron chi connectivity index (χ1n) is 9.14. The first-order valence-corrected chi connectivity index (χ1v) is 9.14. The van der Waals surface area contributed by atoms with Gasteiger partial charge in [-0.3, -0.25) is 24.0 Å². The molecule has 8 heteroatoms. The number of nitrogens with zero attached hydrogens (tertiary/aromatic N) is 3. The molecule has 0 spiro atoms. The van der Waals surface area contributed by atoms with Crippen LogP contribution in [0.15, 0.2) is 64.2 Å². The number of fused-ring (bicyclic) bond motifs is 1. The number of hydrogen-bond acceptors (Lipinski definition) is 5. The van der Waals surface area contributed by atoms with Gasteiger partial charge in [0.05, 0.1) is 10.5 Å². The number of ether oxygens (including phenoxy) is 1. The van der Waals surface area contributed by atoms with Crippen LogP contribution in [0.25, 0.3) is 0 Å². The molecule has 1 aliphatic rings. The van der Waals surface area contributed by atoms with Crippen LogP contribution in [-0.4, -0.2) is 14.1 Å². The van der Waals surface area contributed by atoms with Crippen LogP contribution in [0.2, 0.25) is 0 Å². The van der Waals surface area contributed by atoms with Crippen molar-refractivity contribution in [3.63, 3.8) is 0 Å². The molecule has 0 radical (unpaired) electrons. The monoisotopic (exact) mass is 393 g/mol. The minimum absolute atomic E-state index is 0.0194. The molecule has 3 aromatic rings. The summed E-state index contributed by atoms with van der Waals surface area (Å²) in [7, 11) is 3.00. The van der Waals surface area contributed by atoms with Gasteiger partial charge in [-0.1, -0.05) is 42.5 Å². The third-order valence-corrected chi connectivity index (χ3v) is 5.37. The Kier molecular flexibility index (Phi) is 4.54. The topological polar surface area (TPSA) is 96.4 Å². The maximum atomic E-state index is 12.9. The van der Waals surface area contributed by atoms with E-state index < -0.39 is 16.2 Å². The van der Waals surface area contributed by atoms with Gasteiger partial charge >= 0.3 is 5.69 Å². The summed E-state index contributed by atoms with van der Waals surface area (Å²) in [6, 6.07) is 15.7. The maximum Gasteiger partial charge on any atom is 0.333 e. The highest BCUT2D eigenvalue weighted by molar-refractivity contribution is 5.43. The number of benzene rings is 2. The highest BCUT2D eigenvalue weighted by Crippen LogP contribution is 2.43. The fraction of sp³-hybridized carbons (Fsp3) is 0.238. The van der Waals surface area contributed by atoms with Crippen molar-refractivity contribution in [2.24, 2.45) is 14.1 Å². The largest absolute Gasteiger partial charge is 0.470 e. The molecule has 0 bridgehead atoms. The highest BCUT2D eigenvalue weighted by atomic mass is 16.6. The molecule has 4 rings (SSSR count). The third kappa shape index (κ3) is 3.12. The van der Waals surface area contributed by atoms with Crippen molar-refractivity contribution in [2.75, 3.05) is 0 Å². The van der Waals surface area contributed by atoms with Gasteiger partial charge in [0.2, 0.25) is 5.88 Å². The molecule has 8 nitrogen and oxygen atoms in total. The predicted octanol–water partition coefficient (Wildman–Crippen LogP) is 2.65. The number of nitro groups is 1. The van der Waals surface area contributed by atoms with Crippen LogP contribution in [0.3, 0.4) is 0 Å². The third-order valence-electron chi connectivity index (χ3n) is 5.37. The van der Waals surface area contributed by atoms with Crippen molar-refractivity contribution >= 4 is 5.69 Å². The Morgan fingerprint density at radius 1 is 0.966 bits per heavy atom. The van der Waals surface area contributed by atoms with Gasteiger partial charge in [-0.25, -0.2) is 4.79 Å². The zero-order valence-corrected chi connectivity index (χ0v) is 15.9. The molecule has 148 valence electrons. The summed E-state index contributed by atoms with van der Waals surface area (Å²) in [4.78, 5) is 35.9. The van der Waals surface area contributed by atoms with E-state index in [4.69, 9.17) is 4.74 Å². The Labute approximate surface area is 165 Å². The Morgan fingerprint density at radius 2 is 1.62 bits per heavy atom. The number of aromatic nitrogens is 2. The average molecular weight is 393 g/mol. The van der Waals surface area contributed by atoms with Crippen molar-refractivity contribution in [2.45, 2.75) is 18.4 Å². The smallest absolute Gasteiger partial charge is 0.333 e. The molecule has 2 aromatic carbocycles. The second-order valence-electron chi connectivity index (χ2n) is 7.08. The van der Waals surface area contributed by atoms with E-state index in [2.05, 4.69) is 0 Å². The Balaban J connectivity index is 1.91. The van der Waals surface area contributed by atoms with Gasteiger partial charge in [0.25, 0.3) is 11.2 Å². The number of hydrogen-bond donors (Lipinski definition) is 0. The summed E-state index contributed by atoms with van der Waals surface area (Å²) in [6.45, 7) is 0. The lowest BCUT2D eigenvalue weighted by Gasteiger charge is -2.33. The molecular weight excluding hydrogens is 374 g/mol. The summed E-state index contributed by atoms with van der Waals surface area (Å²) in [5.74, 6) is -0.128. The average Bonchev–Trinajstić information content (AvgIpc) is 2.76. The van der Waals surface area contributed by atoms with Gasteiger partial charge < -0.3 is 4.74 Å². The molecule has 0 saturated carbocycles. The lowest BCUT2D eigenvalue weighted by atomic mass is 9.84. The van der Waals surface area contributed by atoms with E-state index in [-0.39, 0.29) is 23.6 Å². The minimum Gasteiger partial charge on any atom is -0.470 e. The van der Waals surface area contributed by atoms with Gasteiger partial charge in [0.1, 0.15) is 6.10 Å². The first kappa shape index (κ1) is 18.7. The maximum absolute atomic E-state index is 12.9. The summed E-state index contributed by atoms with van der Waals surface area (Å²) in [5.41, 5.74) is 1.17. The molecule has 0 saturated heterocycles. The van der Waals surface area contributed by atoms with E-state index in [1.54, 1.807) is 19.2 Å². The van der Waals surface area contributed by atoms with Gasteiger partial charge in [-0.05, 0) is 17.5 Å². The van der Waals surface area contributed by atoms with Gasteiger partial charge in [0.15, 0.2) is 0 Å².